The van der Waals surface area contributed by atoms with Crippen LogP contribution in [0.25, 0.3) is 0 Å². The first-order valence-electron chi connectivity index (χ1n) is 4.15. The lowest BCUT2D eigenvalue weighted by molar-refractivity contribution is 0.592. The Kier molecular flexibility index (Phi) is 4.51. The van der Waals surface area contributed by atoms with Crippen molar-refractivity contribution < 1.29 is 0 Å². The molecule has 1 unspecified atom stereocenters. The van der Waals surface area contributed by atoms with Crippen LogP contribution in [0.2, 0.25) is 0 Å². The van der Waals surface area contributed by atoms with E-state index < -0.39 is 0 Å². The van der Waals surface area contributed by atoms with Crippen LogP contribution in [0.3, 0.4) is 0 Å². The highest BCUT2D eigenvalue weighted by Gasteiger charge is 2.05. The first kappa shape index (κ1) is 10.8. The molecule has 70 valence electrons. The lowest BCUT2D eigenvalue weighted by atomic mass is 10.2. The third-order valence-corrected chi connectivity index (χ3v) is 3.61. The lowest BCUT2D eigenvalue weighted by Crippen LogP contribution is -2.18. The van der Waals surface area contributed by atoms with Crippen LogP contribution in [-0.2, 0) is 0 Å². The first-order valence-corrected chi connectivity index (χ1v) is 5.82. The van der Waals surface area contributed by atoms with Gasteiger partial charge in [-0.25, -0.2) is 0 Å². The van der Waals surface area contributed by atoms with E-state index >= 15 is 0 Å². The summed E-state index contributed by atoms with van der Waals surface area (Å²) in [5.41, 5.74) is 0. The second-order valence-corrected chi connectivity index (χ2v) is 4.66. The molecule has 0 fully saturated rings. The third kappa shape index (κ3) is 3.51. The molecule has 0 amide bonds. The minimum absolute atomic E-state index is 0.393. The van der Waals surface area contributed by atoms with Gasteiger partial charge < -0.3 is 5.32 Å². The smallest absolute Gasteiger partial charge is 0.0386 e. The first-order chi connectivity index (χ1) is 6.24. The van der Waals surface area contributed by atoms with Gasteiger partial charge in [-0.15, -0.1) is 23.7 Å². The van der Waals surface area contributed by atoms with Crippen molar-refractivity contribution in [2.45, 2.75) is 19.4 Å². The van der Waals surface area contributed by atoms with E-state index in [9.17, 15) is 0 Å². The number of terminal acetylenes is 1. The number of nitrogens with one attached hydrogen (secondary N) is 1. The Morgan fingerprint density at radius 1 is 1.77 bits per heavy atom. The standard InChI is InChI=1S/C10H12BrNS/c1-3-4-5-12-8(2)10-6-9(11)7-13-10/h1,6-8,12H,4-5H2,2H3. The topological polar surface area (TPSA) is 12.0 Å². The van der Waals surface area contributed by atoms with Gasteiger partial charge in [0.2, 0.25) is 0 Å². The van der Waals surface area contributed by atoms with E-state index in [0.29, 0.717) is 6.04 Å². The number of hydrogen-bond donors (Lipinski definition) is 1. The van der Waals surface area contributed by atoms with Crippen molar-refractivity contribution in [1.29, 1.82) is 0 Å². The summed E-state index contributed by atoms with van der Waals surface area (Å²) in [5.74, 6) is 2.61. The zero-order valence-electron chi connectivity index (χ0n) is 7.51. The van der Waals surface area contributed by atoms with E-state index in [4.69, 9.17) is 6.42 Å². The van der Waals surface area contributed by atoms with Crippen molar-refractivity contribution in [2.75, 3.05) is 6.54 Å². The number of hydrogen-bond acceptors (Lipinski definition) is 2. The minimum atomic E-state index is 0.393. The zero-order valence-corrected chi connectivity index (χ0v) is 9.91. The highest BCUT2D eigenvalue weighted by Crippen LogP contribution is 2.25. The highest BCUT2D eigenvalue weighted by atomic mass is 79.9. The van der Waals surface area contributed by atoms with Gasteiger partial charge in [0.25, 0.3) is 0 Å². The van der Waals surface area contributed by atoms with Crippen LogP contribution in [0, 0.1) is 12.3 Å². The van der Waals surface area contributed by atoms with Crippen LogP contribution in [0.5, 0.6) is 0 Å². The summed E-state index contributed by atoms with van der Waals surface area (Å²) >= 11 is 5.19. The number of rotatable bonds is 4. The summed E-state index contributed by atoms with van der Waals surface area (Å²) in [4.78, 5) is 1.34. The van der Waals surface area contributed by atoms with Gasteiger partial charge in [-0.05, 0) is 28.9 Å². The molecule has 0 bridgehead atoms. The van der Waals surface area contributed by atoms with Crippen LogP contribution in [-0.4, -0.2) is 6.54 Å². The molecule has 0 saturated carbocycles. The maximum Gasteiger partial charge on any atom is 0.0386 e. The van der Waals surface area contributed by atoms with Crippen molar-refractivity contribution in [3.05, 3.63) is 20.8 Å². The molecule has 0 spiro atoms. The van der Waals surface area contributed by atoms with Gasteiger partial charge in [-0.2, -0.15) is 0 Å². The predicted octanol–water partition coefficient (Wildman–Crippen LogP) is 3.18. The lowest BCUT2D eigenvalue weighted by Gasteiger charge is -2.09. The normalized spacial score (nSPS) is 12.4. The Labute approximate surface area is 91.7 Å². The quantitative estimate of drug-likeness (QED) is 0.646. The van der Waals surface area contributed by atoms with E-state index in [0.717, 1.165) is 17.4 Å². The van der Waals surface area contributed by atoms with Crippen LogP contribution in [0.15, 0.2) is 15.9 Å². The third-order valence-electron chi connectivity index (χ3n) is 1.73. The molecule has 0 aliphatic heterocycles. The molecule has 1 aromatic heterocycles. The maximum atomic E-state index is 5.16. The van der Waals surface area contributed by atoms with Crippen LogP contribution >= 0.6 is 27.3 Å². The molecule has 1 N–H and O–H groups in total. The summed E-state index contributed by atoms with van der Waals surface area (Å²) in [6.45, 7) is 3.03. The summed E-state index contributed by atoms with van der Waals surface area (Å²) in [6, 6.07) is 2.53. The summed E-state index contributed by atoms with van der Waals surface area (Å²) in [5, 5.41) is 5.45. The average Bonchev–Trinajstić information content (AvgIpc) is 2.52. The van der Waals surface area contributed by atoms with E-state index in [-0.39, 0.29) is 0 Å². The molecule has 1 atom stereocenters. The molecule has 1 heterocycles. The van der Waals surface area contributed by atoms with E-state index in [1.54, 1.807) is 11.3 Å². The van der Waals surface area contributed by atoms with Gasteiger partial charge in [-0.1, -0.05) is 0 Å². The molecule has 1 aromatic rings. The number of thiophene rings is 1. The Morgan fingerprint density at radius 2 is 2.54 bits per heavy atom. The van der Waals surface area contributed by atoms with Gasteiger partial charge in [0.05, 0.1) is 0 Å². The van der Waals surface area contributed by atoms with E-state index in [1.807, 2.05) is 0 Å². The Hall–Kier alpha value is -0.300. The van der Waals surface area contributed by atoms with Gasteiger partial charge in [-0.3, -0.25) is 0 Å². The molecule has 0 aliphatic rings. The fourth-order valence-corrected chi connectivity index (χ4v) is 2.49. The predicted molar refractivity (Wildman–Crippen MR) is 61.9 cm³/mol. The van der Waals surface area contributed by atoms with Crippen LogP contribution < -0.4 is 5.32 Å². The summed E-state index contributed by atoms with van der Waals surface area (Å²) in [6.07, 6.45) is 5.95. The molecule has 1 rings (SSSR count). The van der Waals surface area contributed by atoms with Gasteiger partial charge in [0.15, 0.2) is 0 Å². The molecular formula is C10H12BrNS. The van der Waals surface area contributed by atoms with Gasteiger partial charge in [0, 0.05) is 33.7 Å². The average molecular weight is 258 g/mol. The monoisotopic (exact) mass is 257 g/mol. The van der Waals surface area contributed by atoms with Gasteiger partial charge in [0.1, 0.15) is 0 Å². The second kappa shape index (κ2) is 5.43. The highest BCUT2D eigenvalue weighted by molar-refractivity contribution is 9.10. The zero-order chi connectivity index (χ0) is 9.68. The largest absolute Gasteiger partial charge is 0.309 e. The Morgan fingerprint density at radius 3 is 3.08 bits per heavy atom. The molecule has 3 heteroatoms. The Bertz CT molecular complexity index is 300. The minimum Gasteiger partial charge on any atom is -0.309 e. The summed E-state index contributed by atoms with van der Waals surface area (Å²) in [7, 11) is 0. The van der Waals surface area contributed by atoms with E-state index in [2.05, 4.69) is 45.5 Å². The fraction of sp³-hybridized carbons (Fsp3) is 0.400. The Balaban J connectivity index is 2.40. The summed E-state index contributed by atoms with van der Waals surface area (Å²) < 4.78 is 1.15. The van der Waals surface area contributed by atoms with E-state index in [1.165, 1.54) is 4.88 Å². The molecular weight excluding hydrogens is 246 g/mol. The van der Waals surface area contributed by atoms with Gasteiger partial charge >= 0.3 is 0 Å². The molecule has 0 radical (unpaired) electrons. The fourth-order valence-electron chi connectivity index (χ4n) is 1.02. The molecule has 0 aliphatic carbocycles. The van der Waals surface area contributed by atoms with Crippen LogP contribution in [0.1, 0.15) is 24.3 Å². The molecule has 13 heavy (non-hydrogen) atoms. The molecule has 0 aromatic carbocycles. The van der Waals surface area contributed by atoms with Crippen molar-refractivity contribution in [1.82, 2.24) is 5.32 Å². The van der Waals surface area contributed by atoms with Crippen molar-refractivity contribution >= 4 is 27.3 Å². The molecule has 1 nitrogen and oxygen atoms in total. The van der Waals surface area contributed by atoms with Crippen molar-refractivity contribution in [3.63, 3.8) is 0 Å². The van der Waals surface area contributed by atoms with Crippen molar-refractivity contribution in [2.24, 2.45) is 0 Å². The molecule has 0 saturated heterocycles. The van der Waals surface area contributed by atoms with Crippen LogP contribution in [0.4, 0.5) is 0 Å². The second-order valence-electron chi connectivity index (χ2n) is 2.80. The van der Waals surface area contributed by atoms with Crippen molar-refractivity contribution in [3.8, 4) is 12.3 Å². The maximum absolute atomic E-state index is 5.16. The SMILES string of the molecule is C#CCCNC(C)c1cc(Br)cs1. The number of halogens is 1.